The summed E-state index contributed by atoms with van der Waals surface area (Å²) in [4.78, 5) is 33.0. The van der Waals surface area contributed by atoms with Crippen molar-refractivity contribution in [3.8, 4) is 0 Å². The van der Waals surface area contributed by atoms with E-state index in [9.17, 15) is 14.0 Å². The number of halogens is 1. The molecule has 7 heteroatoms. The third-order valence-corrected chi connectivity index (χ3v) is 4.52. The van der Waals surface area contributed by atoms with Crippen LogP contribution in [0.15, 0.2) is 60.8 Å². The zero-order valence-corrected chi connectivity index (χ0v) is 14.9. The Bertz CT molecular complexity index is 1040. The molecule has 0 spiro atoms. The van der Waals surface area contributed by atoms with Crippen LogP contribution in [0.5, 0.6) is 0 Å². The fraction of sp³-hybridized carbons (Fsp3) is 0.143. The van der Waals surface area contributed by atoms with E-state index in [1.54, 1.807) is 0 Å². The van der Waals surface area contributed by atoms with Crippen LogP contribution in [-0.4, -0.2) is 27.8 Å². The maximum atomic E-state index is 13.3. The van der Waals surface area contributed by atoms with Crippen LogP contribution in [0.1, 0.15) is 32.0 Å². The van der Waals surface area contributed by atoms with E-state index < -0.39 is 11.7 Å². The van der Waals surface area contributed by atoms with Gasteiger partial charge in [0.15, 0.2) is 0 Å². The Balaban J connectivity index is 1.52. The average molecular weight is 376 g/mol. The Morgan fingerprint density at radius 1 is 1.18 bits per heavy atom. The molecule has 0 bridgehead atoms. The lowest BCUT2D eigenvalue weighted by molar-refractivity contribution is 0.0923. The van der Waals surface area contributed by atoms with Crippen LogP contribution in [0.4, 0.5) is 10.3 Å². The number of benzene rings is 2. The molecule has 140 valence electrons. The van der Waals surface area contributed by atoms with Crippen molar-refractivity contribution in [3.63, 3.8) is 0 Å². The molecule has 0 saturated heterocycles. The van der Waals surface area contributed by atoms with Crippen molar-refractivity contribution in [2.45, 2.75) is 18.9 Å². The SMILES string of the molecule is O=C(Nc1ncc2c(n1)C[C@@H](Cc1ccccc1)NC2=O)c1cccc(F)c1. The Morgan fingerprint density at radius 3 is 2.79 bits per heavy atom. The van der Waals surface area contributed by atoms with Crippen molar-refractivity contribution in [1.29, 1.82) is 0 Å². The standard InChI is InChI=1S/C21H17FN4O2/c22-15-8-4-7-14(10-15)19(27)26-21-23-12-17-18(25-21)11-16(24-20(17)28)9-13-5-2-1-3-6-13/h1-8,10,12,16H,9,11H2,(H,24,28)(H,23,25,26,27)/t16-/m1/s1. The van der Waals surface area contributed by atoms with Crippen LogP contribution in [0, 0.1) is 5.82 Å². The zero-order chi connectivity index (χ0) is 19.5. The molecule has 1 aromatic heterocycles. The van der Waals surface area contributed by atoms with E-state index >= 15 is 0 Å². The first kappa shape index (κ1) is 17.8. The quantitative estimate of drug-likeness (QED) is 0.733. The third kappa shape index (κ3) is 3.88. The summed E-state index contributed by atoms with van der Waals surface area (Å²) in [6.07, 6.45) is 2.61. The van der Waals surface area contributed by atoms with Crippen LogP contribution in [0.25, 0.3) is 0 Å². The number of amides is 2. The fourth-order valence-corrected chi connectivity index (χ4v) is 3.20. The summed E-state index contributed by atoms with van der Waals surface area (Å²) in [7, 11) is 0. The van der Waals surface area contributed by atoms with E-state index in [4.69, 9.17) is 0 Å². The molecule has 0 saturated carbocycles. The summed E-state index contributed by atoms with van der Waals surface area (Å²) in [5.74, 6) is -1.16. The molecule has 1 aliphatic rings. The summed E-state index contributed by atoms with van der Waals surface area (Å²) in [6.45, 7) is 0. The van der Waals surface area contributed by atoms with Crippen LogP contribution < -0.4 is 10.6 Å². The predicted molar refractivity (Wildman–Crippen MR) is 101 cm³/mol. The van der Waals surface area contributed by atoms with Gasteiger partial charge >= 0.3 is 0 Å². The minimum absolute atomic E-state index is 0.0844. The van der Waals surface area contributed by atoms with Gasteiger partial charge in [-0.3, -0.25) is 14.9 Å². The molecular formula is C21H17FN4O2. The molecule has 2 aromatic carbocycles. The lowest BCUT2D eigenvalue weighted by atomic mass is 9.96. The van der Waals surface area contributed by atoms with Crippen molar-refractivity contribution in [2.24, 2.45) is 0 Å². The van der Waals surface area contributed by atoms with Crippen molar-refractivity contribution >= 4 is 17.8 Å². The van der Waals surface area contributed by atoms with Gasteiger partial charge in [-0.2, -0.15) is 0 Å². The second-order valence-corrected chi connectivity index (χ2v) is 6.58. The number of nitrogens with zero attached hydrogens (tertiary/aromatic N) is 2. The number of anilines is 1. The van der Waals surface area contributed by atoms with Crippen LogP contribution in [0.3, 0.4) is 0 Å². The van der Waals surface area contributed by atoms with E-state index in [2.05, 4.69) is 20.6 Å². The van der Waals surface area contributed by atoms with Gasteiger partial charge in [0.1, 0.15) is 5.82 Å². The van der Waals surface area contributed by atoms with Crippen molar-refractivity contribution in [1.82, 2.24) is 15.3 Å². The summed E-state index contributed by atoms with van der Waals surface area (Å²) >= 11 is 0. The lowest BCUT2D eigenvalue weighted by Crippen LogP contribution is -2.43. The van der Waals surface area contributed by atoms with Gasteiger partial charge in [0.25, 0.3) is 11.8 Å². The van der Waals surface area contributed by atoms with E-state index in [1.807, 2.05) is 30.3 Å². The number of fused-ring (bicyclic) bond motifs is 1. The average Bonchev–Trinajstić information content (AvgIpc) is 2.68. The molecular weight excluding hydrogens is 359 g/mol. The highest BCUT2D eigenvalue weighted by molar-refractivity contribution is 6.03. The summed E-state index contributed by atoms with van der Waals surface area (Å²) in [5, 5.41) is 5.52. The first-order valence-electron chi connectivity index (χ1n) is 8.86. The van der Waals surface area contributed by atoms with Gasteiger partial charge in [0.05, 0.1) is 11.3 Å². The molecule has 3 aromatic rings. The van der Waals surface area contributed by atoms with Crippen molar-refractivity contribution in [2.75, 3.05) is 5.32 Å². The van der Waals surface area contributed by atoms with Gasteiger partial charge in [0.2, 0.25) is 5.95 Å². The molecule has 0 radical (unpaired) electrons. The van der Waals surface area contributed by atoms with E-state index in [-0.39, 0.29) is 23.5 Å². The Kier molecular flexibility index (Phi) is 4.80. The molecule has 1 atom stereocenters. The van der Waals surface area contributed by atoms with Crippen LogP contribution in [0.2, 0.25) is 0 Å². The normalized spacial score (nSPS) is 15.5. The summed E-state index contributed by atoms with van der Waals surface area (Å²) in [5.41, 5.74) is 2.26. The van der Waals surface area contributed by atoms with Gasteiger partial charge in [-0.25, -0.2) is 14.4 Å². The molecule has 1 aliphatic heterocycles. The first-order valence-corrected chi connectivity index (χ1v) is 8.86. The number of carbonyl (C=O) groups excluding carboxylic acids is 2. The highest BCUT2D eigenvalue weighted by Gasteiger charge is 2.26. The van der Waals surface area contributed by atoms with E-state index in [1.165, 1.54) is 24.4 Å². The topological polar surface area (TPSA) is 84.0 Å². The summed E-state index contributed by atoms with van der Waals surface area (Å²) < 4.78 is 13.3. The molecule has 6 nitrogen and oxygen atoms in total. The summed E-state index contributed by atoms with van der Waals surface area (Å²) in [6, 6.07) is 15.1. The third-order valence-electron chi connectivity index (χ3n) is 4.52. The maximum Gasteiger partial charge on any atom is 0.258 e. The van der Waals surface area contributed by atoms with Gasteiger partial charge in [-0.15, -0.1) is 0 Å². The highest BCUT2D eigenvalue weighted by atomic mass is 19.1. The van der Waals surface area contributed by atoms with Gasteiger partial charge < -0.3 is 5.32 Å². The molecule has 0 fully saturated rings. The number of aromatic nitrogens is 2. The molecule has 2 heterocycles. The first-order chi connectivity index (χ1) is 13.6. The second kappa shape index (κ2) is 7.56. The number of carbonyl (C=O) groups is 2. The highest BCUT2D eigenvalue weighted by Crippen LogP contribution is 2.18. The predicted octanol–water partition coefficient (Wildman–Crippen LogP) is 2.77. The molecule has 4 rings (SSSR count). The lowest BCUT2D eigenvalue weighted by Gasteiger charge is -2.25. The Labute approximate surface area is 160 Å². The minimum atomic E-state index is -0.513. The molecule has 0 unspecified atom stereocenters. The molecule has 2 N–H and O–H groups in total. The van der Waals surface area contributed by atoms with Crippen molar-refractivity contribution in [3.05, 3.63) is 89.0 Å². The maximum absolute atomic E-state index is 13.3. The van der Waals surface area contributed by atoms with Crippen LogP contribution in [-0.2, 0) is 12.8 Å². The Morgan fingerprint density at radius 2 is 2.00 bits per heavy atom. The largest absolute Gasteiger partial charge is 0.348 e. The fourth-order valence-electron chi connectivity index (χ4n) is 3.20. The Hall–Kier alpha value is -3.61. The van der Waals surface area contributed by atoms with E-state index in [0.29, 0.717) is 24.1 Å². The zero-order valence-electron chi connectivity index (χ0n) is 14.9. The van der Waals surface area contributed by atoms with Gasteiger partial charge in [-0.1, -0.05) is 36.4 Å². The molecule has 2 amide bonds. The van der Waals surface area contributed by atoms with Crippen LogP contribution >= 0.6 is 0 Å². The van der Waals surface area contributed by atoms with Gasteiger partial charge in [0, 0.05) is 24.2 Å². The van der Waals surface area contributed by atoms with E-state index in [0.717, 1.165) is 11.6 Å². The monoisotopic (exact) mass is 376 g/mol. The van der Waals surface area contributed by atoms with Gasteiger partial charge in [-0.05, 0) is 30.2 Å². The smallest absolute Gasteiger partial charge is 0.258 e. The molecule has 28 heavy (non-hydrogen) atoms. The number of hydrogen-bond acceptors (Lipinski definition) is 4. The molecule has 0 aliphatic carbocycles. The second-order valence-electron chi connectivity index (χ2n) is 6.58. The minimum Gasteiger partial charge on any atom is -0.348 e. The number of nitrogens with one attached hydrogen (secondary N) is 2. The van der Waals surface area contributed by atoms with Crippen molar-refractivity contribution < 1.29 is 14.0 Å². The number of hydrogen-bond donors (Lipinski definition) is 2. The number of rotatable bonds is 4.